The lowest BCUT2D eigenvalue weighted by Crippen LogP contribution is -2.10. The zero-order valence-electron chi connectivity index (χ0n) is 14.7. The van der Waals surface area contributed by atoms with Crippen LogP contribution in [-0.2, 0) is 5.41 Å². The predicted molar refractivity (Wildman–Crippen MR) is 99.8 cm³/mol. The van der Waals surface area contributed by atoms with Gasteiger partial charge >= 0.3 is 0 Å². The van der Waals surface area contributed by atoms with E-state index in [4.69, 9.17) is 9.47 Å². The molecule has 0 radical (unpaired) electrons. The molecular formula is C22H22O3. The van der Waals surface area contributed by atoms with Crippen molar-refractivity contribution >= 4 is 0 Å². The van der Waals surface area contributed by atoms with Crippen LogP contribution in [0.4, 0.5) is 0 Å². The Morgan fingerprint density at radius 1 is 0.560 bits per heavy atom. The van der Waals surface area contributed by atoms with Crippen LogP contribution in [0, 0.1) is 0 Å². The molecule has 0 aliphatic heterocycles. The third-order valence-corrected chi connectivity index (χ3v) is 3.85. The molecule has 0 aliphatic carbocycles. The molecule has 25 heavy (non-hydrogen) atoms. The molecular weight excluding hydrogens is 312 g/mol. The van der Waals surface area contributed by atoms with E-state index in [0.29, 0.717) is 11.5 Å². The van der Waals surface area contributed by atoms with Crippen molar-refractivity contribution in [2.24, 2.45) is 0 Å². The summed E-state index contributed by atoms with van der Waals surface area (Å²) >= 11 is 0. The summed E-state index contributed by atoms with van der Waals surface area (Å²) in [6.45, 7) is 6.57. The molecule has 0 heterocycles. The zero-order chi connectivity index (χ0) is 17.9. The molecule has 3 aromatic rings. The van der Waals surface area contributed by atoms with E-state index in [1.165, 1.54) is 5.56 Å². The number of benzene rings is 3. The molecule has 0 fully saturated rings. The molecule has 3 heteroatoms. The first-order valence-corrected chi connectivity index (χ1v) is 8.25. The van der Waals surface area contributed by atoms with Gasteiger partial charge in [-0.05, 0) is 71.6 Å². The largest absolute Gasteiger partial charge is 0.508 e. The number of ether oxygens (including phenoxy) is 2. The van der Waals surface area contributed by atoms with Gasteiger partial charge in [-0.2, -0.15) is 0 Å². The maximum atomic E-state index is 9.29. The van der Waals surface area contributed by atoms with Crippen LogP contribution in [0.5, 0.6) is 28.7 Å². The molecule has 3 rings (SSSR count). The summed E-state index contributed by atoms with van der Waals surface area (Å²) in [5, 5.41) is 9.29. The van der Waals surface area contributed by atoms with Gasteiger partial charge in [0.25, 0.3) is 0 Å². The quantitative estimate of drug-likeness (QED) is 0.610. The van der Waals surface area contributed by atoms with Gasteiger partial charge in [-0.1, -0.05) is 32.9 Å². The van der Waals surface area contributed by atoms with Gasteiger partial charge in [-0.3, -0.25) is 0 Å². The SMILES string of the molecule is CC(C)(C)c1ccc(Oc2ccc(Oc3ccc(O)cc3)cc2)cc1. The van der Waals surface area contributed by atoms with Crippen molar-refractivity contribution in [1.82, 2.24) is 0 Å². The van der Waals surface area contributed by atoms with Crippen molar-refractivity contribution in [2.45, 2.75) is 26.2 Å². The van der Waals surface area contributed by atoms with Crippen molar-refractivity contribution in [3.63, 3.8) is 0 Å². The molecule has 0 amide bonds. The minimum absolute atomic E-state index is 0.131. The highest BCUT2D eigenvalue weighted by Crippen LogP contribution is 2.29. The molecule has 0 unspecified atom stereocenters. The Morgan fingerprint density at radius 2 is 0.880 bits per heavy atom. The lowest BCUT2D eigenvalue weighted by Gasteiger charge is -2.19. The first-order valence-electron chi connectivity index (χ1n) is 8.25. The topological polar surface area (TPSA) is 38.7 Å². The van der Waals surface area contributed by atoms with E-state index < -0.39 is 0 Å². The summed E-state index contributed by atoms with van der Waals surface area (Å²) in [6.07, 6.45) is 0. The Kier molecular flexibility index (Phi) is 4.66. The Labute approximate surface area is 148 Å². The maximum absolute atomic E-state index is 9.29. The van der Waals surface area contributed by atoms with Gasteiger partial charge in [0.1, 0.15) is 28.7 Å². The van der Waals surface area contributed by atoms with Gasteiger partial charge < -0.3 is 14.6 Å². The van der Waals surface area contributed by atoms with Gasteiger partial charge in [-0.15, -0.1) is 0 Å². The van der Waals surface area contributed by atoms with E-state index >= 15 is 0 Å². The van der Waals surface area contributed by atoms with Crippen LogP contribution < -0.4 is 9.47 Å². The van der Waals surface area contributed by atoms with Crippen molar-refractivity contribution < 1.29 is 14.6 Å². The van der Waals surface area contributed by atoms with Crippen LogP contribution in [0.3, 0.4) is 0 Å². The zero-order valence-corrected chi connectivity index (χ0v) is 14.7. The lowest BCUT2D eigenvalue weighted by atomic mass is 9.87. The van der Waals surface area contributed by atoms with Crippen molar-refractivity contribution in [2.75, 3.05) is 0 Å². The van der Waals surface area contributed by atoms with Gasteiger partial charge in [0.2, 0.25) is 0 Å². The first-order chi connectivity index (χ1) is 11.9. The number of hydrogen-bond donors (Lipinski definition) is 1. The van der Waals surface area contributed by atoms with Crippen LogP contribution in [-0.4, -0.2) is 5.11 Å². The monoisotopic (exact) mass is 334 g/mol. The van der Waals surface area contributed by atoms with E-state index in [1.807, 2.05) is 36.4 Å². The highest BCUT2D eigenvalue weighted by atomic mass is 16.5. The average molecular weight is 334 g/mol. The van der Waals surface area contributed by atoms with Crippen molar-refractivity contribution in [3.05, 3.63) is 78.4 Å². The highest BCUT2D eigenvalue weighted by Gasteiger charge is 2.13. The van der Waals surface area contributed by atoms with Crippen LogP contribution in [0.15, 0.2) is 72.8 Å². The number of phenolic OH excluding ortho intramolecular Hbond substituents is 1. The minimum Gasteiger partial charge on any atom is -0.508 e. The van der Waals surface area contributed by atoms with E-state index in [0.717, 1.165) is 11.5 Å². The molecule has 0 saturated heterocycles. The second kappa shape index (κ2) is 6.89. The normalized spacial score (nSPS) is 11.2. The van der Waals surface area contributed by atoms with Crippen LogP contribution in [0.25, 0.3) is 0 Å². The molecule has 0 atom stereocenters. The molecule has 128 valence electrons. The third-order valence-electron chi connectivity index (χ3n) is 3.85. The van der Waals surface area contributed by atoms with Gasteiger partial charge in [0, 0.05) is 0 Å². The Bertz CT molecular complexity index is 811. The van der Waals surface area contributed by atoms with Crippen molar-refractivity contribution in [3.8, 4) is 28.7 Å². The molecule has 0 aromatic heterocycles. The molecule has 0 spiro atoms. The summed E-state index contributed by atoms with van der Waals surface area (Å²) in [6, 6.07) is 22.2. The maximum Gasteiger partial charge on any atom is 0.127 e. The fourth-order valence-electron chi connectivity index (χ4n) is 2.39. The average Bonchev–Trinajstić information content (AvgIpc) is 2.58. The van der Waals surface area contributed by atoms with Crippen molar-refractivity contribution in [1.29, 1.82) is 0 Å². The van der Waals surface area contributed by atoms with Gasteiger partial charge in [0.15, 0.2) is 0 Å². The van der Waals surface area contributed by atoms with Crippen LogP contribution >= 0.6 is 0 Å². The van der Waals surface area contributed by atoms with E-state index in [9.17, 15) is 5.11 Å². The highest BCUT2D eigenvalue weighted by molar-refractivity contribution is 5.39. The van der Waals surface area contributed by atoms with E-state index in [2.05, 4.69) is 32.9 Å². The number of rotatable bonds is 4. The second-order valence-electron chi connectivity index (χ2n) is 6.94. The predicted octanol–water partition coefficient (Wildman–Crippen LogP) is 6.27. The fraction of sp³-hybridized carbons (Fsp3) is 0.182. The molecule has 1 N–H and O–H groups in total. The van der Waals surface area contributed by atoms with Gasteiger partial charge in [0.05, 0.1) is 0 Å². The van der Waals surface area contributed by atoms with Gasteiger partial charge in [-0.25, -0.2) is 0 Å². The lowest BCUT2D eigenvalue weighted by molar-refractivity contribution is 0.461. The van der Waals surface area contributed by atoms with E-state index in [-0.39, 0.29) is 11.2 Å². The van der Waals surface area contributed by atoms with E-state index in [1.54, 1.807) is 24.3 Å². The summed E-state index contributed by atoms with van der Waals surface area (Å²) in [5.74, 6) is 3.15. The fourth-order valence-corrected chi connectivity index (χ4v) is 2.39. The minimum atomic E-state index is 0.131. The Hall–Kier alpha value is -2.94. The second-order valence-corrected chi connectivity index (χ2v) is 6.94. The number of phenols is 1. The first kappa shape index (κ1) is 16.9. The smallest absolute Gasteiger partial charge is 0.127 e. The molecule has 0 aliphatic rings. The summed E-state index contributed by atoms with van der Waals surface area (Å²) in [4.78, 5) is 0. The van der Waals surface area contributed by atoms with Crippen LogP contribution in [0.1, 0.15) is 26.3 Å². The summed E-state index contributed by atoms with van der Waals surface area (Å²) < 4.78 is 11.6. The number of aromatic hydroxyl groups is 1. The third kappa shape index (κ3) is 4.54. The Balaban J connectivity index is 1.65. The summed E-state index contributed by atoms with van der Waals surface area (Å²) in [5.41, 5.74) is 1.41. The molecule has 0 saturated carbocycles. The molecule has 0 bridgehead atoms. The Morgan fingerprint density at radius 3 is 1.24 bits per heavy atom. The number of hydrogen-bond acceptors (Lipinski definition) is 3. The molecule has 3 aromatic carbocycles. The summed E-state index contributed by atoms with van der Waals surface area (Å²) in [7, 11) is 0. The molecule has 3 nitrogen and oxygen atoms in total. The van der Waals surface area contributed by atoms with Crippen LogP contribution in [0.2, 0.25) is 0 Å². The standard InChI is InChI=1S/C22H22O3/c1-22(2,3)16-4-8-18(9-5-16)24-20-12-14-21(15-13-20)25-19-10-6-17(23)7-11-19/h4-15,23H,1-3H3.